The molecule has 0 saturated heterocycles. The average molecular weight is 430 g/mol. The van der Waals surface area contributed by atoms with Crippen molar-refractivity contribution in [2.75, 3.05) is 19.0 Å². The Morgan fingerprint density at radius 1 is 1.11 bits per heavy atom. The molecule has 2 aromatic carbocycles. The number of anilines is 1. The number of carbonyl (C=O) groups excluding carboxylic acids is 1. The molecule has 0 bridgehead atoms. The summed E-state index contributed by atoms with van der Waals surface area (Å²) in [6.45, 7) is 1.82. The lowest BCUT2D eigenvalue weighted by Gasteiger charge is -2.10. The van der Waals surface area contributed by atoms with E-state index in [2.05, 4.69) is 26.3 Å². The lowest BCUT2D eigenvalue weighted by atomic mass is 10.1. The van der Waals surface area contributed by atoms with Gasteiger partial charge in [0.05, 0.1) is 12.8 Å². The third-order valence-corrected chi connectivity index (χ3v) is 4.57. The summed E-state index contributed by atoms with van der Waals surface area (Å²) in [5, 5.41) is 7.34. The minimum atomic E-state index is -0.257. The number of ether oxygens (including phenoxy) is 2. The zero-order valence-electron chi connectivity index (χ0n) is 15.3. The maximum Gasteiger partial charge on any atom is 0.263 e. The number of halogens is 1. The molecule has 1 N–H and O–H groups in total. The van der Waals surface area contributed by atoms with E-state index in [1.807, 2.05) is 31.2 Å². The molecule has 0 saturated carbocycles. The van der Waals surface area contributed by atoms with Crippen LogP contribution in [-0.4, -0.2) is 29.4 Å². The van der Waals surface area contributed by atoms with Crippen molar-refractivity contribution in [1.29, 1.82) is 0 Å². The molecule has 0 aliphatic heterocycles. The molecule has 3 aromatic rings. The van der Waals surface area contributed by atoms with Gasteiger partial charge in [-0.15, -0.1) is 0 Å². The predicted molar refractivity (Wildman–Crippen MR) is 108 cm³/mol. The summed E-state index contributed by atoms with van der Waals surface area (Å²) >= 11 is 3.44. The molecule has 0 atom stereocenters. The molecule has 0 fully saturated rings. The summed E-state index contributed by atoms with van der Waals surface area (Å²) < 4.78 is 13.3. The quantitative estimate of drug-likeness (QED) is 0.637. The number of hydrogen-bond donors (Lipinski definition) is 1. The Morgan fingerprint density at radius 2 is 1.74 bits per heavy atom. The highest BCUT2D eigenvalue weighted by Gasteiger charge is 2.17. The first kappa shape index (κ1) is 19.0. The lowest BCUT2D eigenvalue weighted by Crippen LogP contribution is -2.22. The number of aryl methyl sites for hydroxylation is 2. The molecule has 27 heavy (non-hydrogen) atoms. The molecule has 140 valence electrons. The van der Waals surface area contributed by atoms with E-state index in [-0.39, 0.29) is 12.5 Å². The monoisotopic (exact) mass is 429 g/mol. The van der Waals surface area contributed by atoms with Gasteiger partial charge in [0, 0.05) is 17.1 Å². The molecular weight excluding hydrogens is 410 g/mol. The van der Waals surface area contributed by atoms with Crippen LogP contribution in [0.4, 0.5) is 5.82 Å². The lowest BCUT2D eigenvalue weighted by molar-refractivity contribution is -0.118. The number of rotatable bonds is 6. The molecule has 0 unspecified atom stereocenters. The van der Waals surface area contributed by atoms with E-state index in [0.717, 1.165) is 27.0 Å². The van der Waals surface area contributed by atoms with Gasteiger partial charge in [-0.3, -0.25) is 9.48 Å². The van der Waals surface area contributed by atoms with Crippen molar-refractivity contribution >= 4 is 27.7 Å². The molecule has 0 radical (unpaired) electrons. The van der Waals surface area contributed by atoms with Crippen LogP contribution in [-0.2, 0) is 11.8 Å². The second-order valence-corrected chi connectivity index (χ2v) is 6.87. The summed E-state index contributed by atoms with van der Waals surface area (Å²) in [7, 11) is 3.40. The highest BCUT2D eigenvalue weighted by atomic mass is 79.9. The molecule has 1 amide bonds. The van der Waals surface area contributed by atoms with Crippen LogP contribution in [0.3, 0.4) is 0 Å². The van der Waals surface area contributed by atoms with Crippen LogP contribution in [0.25, 0.3) is 11.1 Å². The zero-order valence-corrected chi connectivity index (χ0v) is 16.9. The Hall–Kier alpha value is -2.80. The van der Waals surface area contributed by atoms with Crippen LogP contribution in [0.15, 0.2) is 53.0 Å². The van der Waals surface area contributed by atoms with Gasteiger partial charge in [-0.25, -0.2) is 0 Å². The van der Waals surface area contributed by atoms with Gasteiger partial charge in [-0.1, -0.05) is 28.1 Å². The fraction of sp³-hybridized carbons (Fsp3) is 0.200. The first-order valence-corrected chi connectivity index (χ1v) is 9.13. The van der Waals surface area contributed by atoms with Crippen molar-refractivity contribution in [2.45, 2.75) is 6.92 Å². The van der Waals surface area contributed by atoms with Crippen molar-refractivity contribution < 1.29 is 14.3 Å². The van der Waals surface area contributed by atoms with E-state index in [9.17, 15) is 4.79 Å². The third kappa shape index (κ3) is 4.49. The number of benzene rings is 2. The first-order chi connectivity index (χ1) is 13.0. The standard InChI is InChI=1S/C20H20BrN3O3/c1-13-19(14-4-6-15(21)7-5-14)20(24(2)23-13)22-18(25)12-27-17-10-8-16(26-3)9-11-17/h4-11H,12H2,1-3H3,(H,22,25). The van der Waals surface area contributed by atoms with Crippen LogP contribution in [0.2, 0.25) is 0 Å². The van der Waals surface area contributed by atoms with E-state index in [4.69, 9.17) is 9.47 Å². The third-order valence-electron chi connectivity index (χ3n) is 4.04. The van der Waals surface area contributed by atoms with Crippen LogP contribution in [0.5, 0.6) is 11.5 Å². The number of amides is 1. The fourth-order valence-electron chi connectivity index (χ4n) is 2.75. The Kier molecular flexibility index (Phi) is 5.81. The summed E-state index contributed by atoms with van der Waals surface area (Å²) in [6.07, 6.45) is 0. The van der Waals surface area contributed by atoms with Crippen molar-refractivity contribution in [2.24, 2.45) is 7.05 Å². The molecule has 3 rings (SSSR count). The van der Waals surface area contributed by atoms with Crippen LogP contribution >= 0.6 is 15.9 Å². The van der Waals surface area contributed by atoms with Crippen LogP contribution in [0, 0.1) is 6.92 Å². The average Bonchev–Trinajstić information content (AvgIpc) is 2.94. The highest BCUT2D eigenvalue weighted by molar-refractivity contribution is 9.10. The minimum absolute atomic E-state index is 0.101. The molecule has 0 aliphatic carbocycles. The summed E-state index contributed by atoms with van der Waals surface area (Å²) in [4.78, 5) is 12.4. The van der Waals surface area contributed by atoms with Crippen molar-refractivity contribution in [3.05, 3.63) is 58.7 Å². The van der Waals surface area contributed by atoms with Crippen molar-refractivity contribution in [3.8, 4) is 22.6 Å². The smallest absolute Gasteiger partial charge is 0.263 e. The summed E-state index contributed by atoms with van der Waals surface area (Å²) in [5.74, 6) is 1.71. The minimum Gasteiger partial charge on any atom is -0.497 e. The summed E-state index contributed by atoms with van der Waals surface area (Å²) in [5.41, 5.74) is 2.71. The number of aromatic nitrogens is 2. The van der Waals surface area contributed by atoms with Gasteiger partial charge in [0.2, 0.25) is 0 Å². The molecule has 0 aliphatic rings. The zero-order chi connectivity index (χ0) is 19.4. The van der Waals surface area contributed by atoms with Gasteiger partial charge < -0.3 is 14.8 Å². The molecule has 1 heterocycles. The Morgan fingerprint density at radius 3 is 2.37 bits per heavy atom. The van der Waals surface area contributed by atoms with Gasteiger partial charge in [-0.2, -0.15) is 5.10 Å². The van der Waals surface area contributed by atoms with Crippen LogP contribution < -0.4 is 14.8 Å². The Labute approximate surface area is 166 Å². The van der Waals surface area contributed by atoms with Gasteiger partial charge in [0.25, 0.3) is 5.91 Å². The highest BCUT2D eigenvalue weighted by Crippen LogP contribution is 2.31. The van der Waals surface area contributed by atoms with E-state index >= 15 is 0 Å². The molecule has 7 heteroatoms. The van der Waals surface area contributed by atoms with Crippen molar-refractivity contribution in [3.63, 3.8) is 0 Å². The van der Waals surface area contributed by atoms with Crippen molar-refractivity contribution in [1.82, 2.24) is 9.78 Å². The topological polar surface area (TPSA) is 65.4 Å². The second-order valence-electron chi connectivity index (χ2n) is 5.95. The second kappa shape index (κ2) is 8.26. The SMILES string of the molecule is COc1ccc(OCC(=O)Nc2c(-c3ccc(Br)cc3)c(C)nn2C)cc1. The number of methoxy groups -OCH3 is 1. The largest absolute Gasteiger partial charge is 0.497 e. The maximum absolute atomic E-state index is 12.4. The number of hydrogen-bond acceptors (Lipinski definition) is 4. The number of carbonyl (C=O) groups is 1. The summed E-state index contributed by atoms with van der Waals surface area (Å²) in [6, 6.07) is 15.0. The molecule has 1 aromatic heterocycles. The van der Waals surface area contributed by atoms with E-state index < -0.39 is 0 Å². The fourth-order valence-corrected chi connectivity index (χ4v) is 3.02. The van der Waals surface area contributed by atoms with Gasteiger partial charge in [0.1, 0.15) is 17.3 Å². The first-order valence-electron chi connectivity index (χ1n) is 8.34. The molecular formula is C20H20BrN3O3. The van der Waals surface area contributed by atoms with Gasteiger partial charge in [0.15, 0.2) is 6.61 Å². The van der Waals surface area contributed by atoms with Gasteiger partial charge in [-0.05, 0) is 48.9 Å². The van der Waals surface area contributed by atoms with Crippen LogP contribution in [0.1, 0.15) is 5.69 Å². The maximum atomic E-state index is 12.4. The van der Waals surface area contributed by atoms with E-state index in [1.165, 1.54) is 0 Å². The number of nitrogens with zero attached hydrogens (tertiary/aromatic N) is 2. The Bertz CT molecular complexity index is 934. The van der Waals surface area contributed by atoms with E-state index in [0.29, 0.717) is 11.6 Å². The number of nitrogens with one attached hydrogen (secondary N) is 1. The molecule has 6 nitrogen and oxygen atoms in total. The van der Waals surface area contributed by atoms with E-state index in [1.54, 1.807) is 43.1 Å². The predicted octanol–water partition coefficient (Wildman–Crippen LogP) is 4.18. The van der Waals surface area contributed by atoms with Gasteiger partial charge >= 0.3 is 0 Å². The Balaban J connectivity index is 1.72. The molecule has 0 spiro atoms. The normalized spacial score (nSPS) is 10.5.